The smallest absolute Gasteiger partial charge is 0.132 e. The zero-order valence-corrected chi connectivity index (χ0v) is 16.0. The van der Waals surface area contributed by atoms with Crippen LogP contribution < -0.4 is 9.47 Å². The molecule has 0 atom stereocenters. The molecule has 0 saturated heterocycles. The Labute approximate surface area is 157 Å². The quantitative estimate of drug-likeness (QED) is 0.479. The number of carbonyl (C=O) groups is 1. The minimum Gasteiger partial charge on any atom is -0.496 e. The lowest BCUT2D eigenvalue weighted by molar-refractivity contribution is -0.119. The van der Waals surface area contributed by atoms with Crippen LogP contribution in [-0.2, 0) is 17.6 Å². The average molecular weight is 354 g/mol. The van der Waals surface area contributed by atoms with Gasteiger partial charge in [-0.05, 0) is 61.8 Å². The number of unbranched alkanes of at least 4 members (excludes halogenated alkanes) is 2. The van der Waals surface area contributed by atoms with Crippen LogP contribution in [0, 0.1) is 0 Å². The van der Waals surface area contributed by atoms with Gasteiger partial charge < -0.3 is 9.47 Å². The molecule has 0 fully saturated rings. The summed E-state index contributed by atoms with van der Waals surface area (Å²) in [5, 5.41) is 0. The molecule has 0 spiro atoms. The van der Waals surface area contributed by atoms with E-state index in [0.29, 0.717) is 18.6 Å². The van der Waals surface area contributed by atoms with E-state index in [1.165, 1.54) is 11.1 Å². The third-order valence-corrected chi connectivity index (χ3v) is 4.69. The molecule has 0 N–H and O–H groups in total. The molecule has 26 heavy (non-hydrogen) atoms. The number of ketones is 1. The minimum absolute atomic E-state index is 0.380. The molecular formula is C23H30O3. The van der Waals surface area contributed by atoms with Crippen LogP contribution in [0.15, 0.2) is 48.5 Å². The van der Waals surface area contributed by atoms with Crippen LogP contribution in [-0.4, -0.2) is 20.0 Å². The number of hydrogen-bond acceptors (Lipinski definition) is 3. The molecule has 0 heterocycles. The first-order valence-corrected chi connectivity index (χ1v) is 9.50. The third-order valence-electron chi connectivity index (χ3n) is 4.69. The fourth-order valence-corrected chi connectivity index (χ4v) is 3.22. The molecule has 140 valence electrons. The van der Waals surface area contributed by atoms with E-state index < -0.39 is 0 Å². The van der Waals surface area contributed by atoms with E-state index in [2.05, 4.69) is 12.1 Å². The van der Waals surface area contributed by atoms with Crippen LogP contribution in [0.3, 0.4) is 0 Å². The van der Waals surface area contributed by atoms with Gasteiger partial charge in [-0.1, -0.05) is 36.4 Å². The van der Waals surface area contributed by atoms with Crippen molar-refractivity contribution in [1.82, 2.24) is 0 Å². The number of aryl methyl sites for hydroxylation is 2. The summed E-state index contributed by atoms with van der Waals surface area (Å²) < 4.78 is 10.7. The maximum atomic E-state index is 12.1. The maximum Gasteiger partial charge on any atom is 0.132 e. The van der Waals surface area contributed by atoms with E-state index in [-0.39, 0.29) is 0 Å². The Hall–Kier alpha value is -2.29. The molecule has 3 nitrogen and oxygen atoms in total. The zero-order chi connectivity index (χ0) is 18.6. The number of Topliss-reactive ketones (excluding diaryl/α,β-unsaturated/α-hetero) is 1. The summed E-state index contributed by atoms with van der Waals surface area (Å²) in [7, 11) is 3.40. The molecular weight excluding hydrogens is 324 g/mol. The van der Waals surface area contributed by atoms with Crippen LogP contribution >= 0.6 is 0 Å². The molecule has 0 bridgehead atoms. The first-order valence-electron chi connectivity index (χ1n) is 9.50. The van der Waals surface area contributed by atoms with Crippen molar-refractivity contribution in [1.29, 1.82) is 0 Å². The van der Waals surface area contributed by atoms with E-state index in [1.807, 2.05) is 36.4 Å². The maximum absolute atomic E-state index is 12.1. The lowest BCUT2D eigenvalue weighted by atomic mass is 10.0. The third kappa shape index (κ3) is 6.55. The summed E-state index contributed by atoms with van der Waals surface area (Å²) >= 11 is 0. The zero-order valence-electron chi connectivity index (χ0n) is 16.0. The summed E-state index contributed by atoms with van der Waals surface area (Å²) in [6, 6.07) is 16.2. The monoisotopic (exact) mass is 354 g/mol. The minimum atomic E-state index is 0.380. The van der Waals surface area contributed by atoms with E-state index in [9.17, 15) is 4.79 Å². The van der Waals surface area contributed by atoms with Crippen LogP contribution in [0.1, 0.15) is 49.7 Å². The number of para-hydroxylation sites is 2. The van der Waals surface area contributed by atoms with Crippen molar-refractivity contribution in [3.8, 4) is 11.5 Å². The first-order chi connectivity index (χ1) is 12.7. The fourth-order valence-electron chi connectivity index (χ4n) is 3.22. The van der Waals surface area contributed by atoms with Crippen molar-refractivity contribution >= 4 is 5.78 Å². The Balaban J connectivity index is 1.59. The van der Waals surface area contributed by atoms with Crippen molar-refractivity contribution in [3.05, 3.63) is 59.7 Å². The Bertz CT molecular complexity index is 621. The second-order valence-electron chi connectivity index (χ2n) is 6.58. The summed E-state index contributed by atoms with van der Waals surface area (Å²) in [5.74, 6) is 2.26. The SMILES string of the molecule is COc1ccccc1CCCCC(=O)CCCCc1ccccc1OC. The molecule has 0 aliphatic carbocycles. The van der Waals surface area contributed by atoms with Gasteiger partial charge in [0.05, 0.1) is 14.2 Å². The predicted molar refractivity (Wildman–Crippen MR) is 106 cm³/mol. The summed E-state index contributed by atoms with van der Waals surface area (Å²) in [6.07, 6.45) is 7.23. The molecule has 2 rings (SSSR count). The summed E-state index contributed by atoms with van der Waals surface area (Å²) in [4.78, 5) is 12.1. The standard InChI is InChI=1S/C23H30O3/c1-25-22-17-9-5-13-19(22)11-3-7-15-21(24)16-8-4-12-20-14-6-10-18-23(20)26-2/h5-6,9-10,13-14,17-18H,3-4,7-8,11-12,15-16H2,1-2H3. The lowest BCUT2D eigenvalue weighted by Gasteiger charge is -2.08. The average Bonchev–Trinajstić information content (AvgIpc) is 2.69. The molecule has 0 amide bonds. The van der Waals surface area contributed by atoms with Gasteiger partial charge in [0.1, 0.15) is 17.3 Å². The Morgan fingerprint density at radius 2 is 1.12 bits per heavy atom. The van der Waals surface area contributed by atoms with E-state index in [0.717, 1.165) is 50.0 Å². The molecule has 0 unspecified atom stereocenters. The van der Waals surface area contributed by atoms with Gasteiger partial charge in [0, 0.05) is 12.8 Å². The number of hydrogen-bond donors (Lipinski definition) is 0. The number of rotatable bonds is 12. The highest BCUT2D eigenvalue weighted by molar-refractivity contribution is 5.78. The van der Waals surface area contributed by atoms with Crippen LogP contribution in [0.5, 0.6) is 11.5 Å². The molecule has 2 aromatic carbocycles. The number of benzene rings is 2. The topological polar surface area (TPSA) is 35.5 Å². The molecule has 3 heteroatoms. The second-order valence-corrected chi connectivity index (χ2v) is 6.58. The van der Waals surface area contributed by atoms with Gasteiger partial charge in [0.15, 0.2) is 0 Å². The highest BCUT2D eigenvalue weighted by Crippen LogP contribution is 2.21. The van der Waals surface area contributed by atoms with Crippen molar-refractivity contribution < 1.29 is 14.3 Å². The molecule has 0 aromatic heterocycles. The normalized spacial score (nSPS) is 10.5. The first kappa shape index (κ1) is 20.0. The van der Waals surface area contributed by atoms with Gasteiger partial charge in [-0.15, -0.1) is 0 Å². The van der Waals surface area contributed by atoms with Gasteiger partial charge in [0.2, 0.25) is 0 Å². The van der Waals surface area contributed by atoms with Gasteiger partial charge >= 0.3 is 0 Å². The largest absolute Gasteiger partial charge is 0.496 e. The van der Waals surface area contributed by atoms with Crippen LogP contribution in [0.2, 0.25) is 0 Å². The van der Waals surface area contributed by atoms with Gasteiger partial charge in [-0.3, -0.25) is 4.79 Å². The highest BCUT2D eigenvalue weighted by atomic mass is 16.5. The van der Waals surface area contributed by atoms with Gasteiger partial charge in [-0.25, -0.2) is 0 Å². The van der Waals surface area contributed by atoms with Gasteiger partial charge in [0.25, 0.3) is 0 Å². The Kier molecular flexibility index (Phi) is 8.74. The highest BCUT2D eigenvalue weighted by Gasteiger charge is 2.06. The van der Waals surface area contributed by atoms with Crippen molar-refractivity contribution in [2.45, 2.75) is 51.4 Å². The van der Waals surface area contributed by atoms with Gasteiger partial charge in [-0.2, -0.15) is 0 Å². The fraction of sp³-hybridized carbons (Fsp3) is 0.435. The summed E-state index contributed by atoms with van der Waals surface area (Å²) in [5.41, 5.74) is 2.44. The Morgan fingerprint density at radius 1 is 0.692 bits per heavy atom. The number of ether oxygens (including phenoxy) is 2. The number of methoxy groups -OCH3 is 2. The molecule has 0 radical (unpaired) electrons. The van der Waals surface area contributed by atoms with Crippen LogP contribution in [0.25, 0.3) is 0 Å². The van der Waals surface area contributed by atoms with Crippen molar-refractivity contribution in [2.24, 2.45) is 0 Å². The molecule has 0 saturated carbocycles. The van der Waals surface area contributed by atoms with E-state index in [4.69, 9.17) is 9.47 Å². The second kappa shape index (κ2) is 11.3. The van der Waals surface area contributed by atoms with Crippen LogP contribution in [0.4, 0.5) is 0 Å². The predicted octanol–water partition coefficient (Wildman–Crippen LogP) is 5.40. The molecule has 2 aromatic rings. The summed E-state index contributed by atoms with van der Waals surface area (Å²) in [6.45, 7) is 0. The van der Waals surface area contributed by atoms with Crippen molar-refractivity contribution in [2.75, 3.05) is 14.2 Å². The van der Waals surface area contributed by atoms with E-state index >= 15 is 0 Å². The lowest BCUT2D eigenvalue weighted by Crippen LogP contribution is -2.00. The molecule has 0 aliphatic rings. The molecule has 0 aliphatic heterocycles. The van der Waals surface area contributed by atoms with E-state index in [1.54, 1.807) is 14.2 Å². The number of carbonyl (C=O) groups excluding carboxylic acids is 1. The van der Waals surface area contributed by atoms with Crippen molar-refractivity contribution in [3.63, 3.8) is 0 Å². The Morgan fingerprint density at radius 3 is 1.54 bits per heavy atom.